The van der Waals surface area contributed by atoms with Gasteiger partial charge in [0.25, 0.3) is 5.91 Å². The van der Waals surface area contributed by atoms with E-state index in [4.69, 9.17) is 9.47 Å². The van der Waals surface area contributed by atoms with Crippen molar-refractivity contribution >= 4 is 35.1 Å². The maximum absolute atomic E-state index is 12.5. The van der Waals surface area contributed by atoms with Crippen LogP contribution >= 0.6 is 11.8 Å². The van der Waals surface area contributed by atoms with Crippen LogP contribution in [0.5, 0.6) is 5.75 Å². The summed E-state index contributed by atoms with van der Waals surface area (Å²) in [5.74, 6) is -0.271. The van der Waals surface area contributed by atoms with Gasteiger partial charge in [0.1, 0.15) is 11.5 Å². The zero-order chi connectivity index (χ0) is 20.5. The number of Topliss-reactive ketones (excluding diaryl/α,β-unsaturated/α-hetero) is 1. The number of hydrogen-bond donors (Lipinski definition) is 1. The van der Waals surface area contributed by atoms with Gasteiger partial charge in [-0.15, -0.1) is 11.8 Å². The Labute approximate surface area is 168 Å². The van der Waals surface area contributed by atoms with Gasteiger partial charge in [-0.3, -0.25) is 9.59 Å². The van der Waals surface area contributed by atoms with E-state index >= 15 is 0 Å². The summed E-state index contributed by atoms with van der Waals surface area (Å²) in [4.78, 5) is 36.8. The van der Waals surface area contributed by atoms with Crippen LogP contribution in [0.1, 0.15) is 31.1 Å². The topological polar surface area (TPSA) is 81.7 Å². The molecule has 2 aromatic carbocycles. The number of rotatable bonds is 9. The highest BCUT2D eigenvalue weighted by Gasteiger charge is 2.22. The van der Waals surface area contributed by atoms with E-state index in [1.165, 1.54) is 25.6 Å². The van der Waals surface area contributed by atoms with Crippen LogP contribution in [0.4, 0.5) is 5.69 Å². The summed E-state index contributed by atoms with van der Waals surface area (Å²) in [6.45, 7) is 5.30. The van der Waals surface area contributed by atoms with Crippen LogP contribution in [-0.2, 0) is 14.3 Å². The molecule has 0 saturated carbocycles. The number of para-hydroxylation sites is 2. The van der Waals surface area contributed by atoms with E-state index in [-0.39, 0.29) is 11.5 Å². The first kappa shape index (κ1) is 21.5. The zero-order valence-electron chi connectivity index (χ0n) is 16.1. The van der Waals surface area contributed by atoms with Gasteiger partial charge in [-0.25, -0.2) is 4.79 Å². The molecule has 6 nitrogen and oxygen atoms in total. The lowest BCUT2D eigenvalue weighted by atomic mass is 10.2. The second-order valence-corrected chi connectivity index (χ2v) is 6.97. The van der Waals surface area contributed by atoms with Gasteiger partial charge in [-0.2, -0.15) is 0 Å². The van der Waals surface area contributed by atoms with Crippen molar-refractivity contribution in [3.63, 3.8) is 0 Å². The van der Waals surface area contributed by atoms with Crippen molar-refractivity contribution in [3.05, 3.63) is 54.1 Å². The third kappa shape index (κ3) is 6.13. The quantitative estimate of drug-likeness (QED) is 0.506. The minimum Gasteiger partial charge on any atom is -0.492 e. The van der Waals surface area contributed by atoms with E-state index in [0.29, 0.717) is 28.5 Å². The van der Waals surface area contributed by atoms with Crippen molar-refractivity contribution in [2.24, 2.45) is 0 Å². The summed E-state index contributed by atoms with van der Waals surface area (Å²) in [6, 6.07) is 13.9. The van der Waals surface area contributed by atoms with Crippen molar-refractivity contribution in [2.45, 2.75) is 31.8 Å². The molecule has 0 aromatic heterocycles. The van der Waals surface area contributed by atoms with Gasteiger partial charge in [-0.1, -0.05) is 24.3 Å². The van der Waals surface area contributed by atoms with Crippen LogP contribution in [-0.4, -0.2) is 36.1 Å². The molecule has 7 heteroatoms. The summed E-state index contributed by atoms with van der Waals surface area (Å²) in [5, 5.41) is 2.72. The Morgan fingerprint density at radius 1 is 1.07 bits per heavy atom. The Kier molecular flexibility index (Phi) is 8.07. The number of esters is 1. The predicted molar refractivity (Wildman–Crippen MR) is 109 cm³/mol. The second kappa shape index (κ2) is 10.5. The highest BCUT2D eigenvalue weighted by molar-refractivity contribution is 8.00. The number of ketones is 1. The lowest BCUT2D eigenvalue weighted by Gasteiger charge is -2.16. The smallest absolute Gasteiger partial charge is 0.340 e. The van der Waals surface area contributed by atoms with Crippen molar-refractivity contribution in [2.75, 3.05) is 17.7 Å². The molecule has 0 aliphatic heterocycles. The first-order valence-corrected chi connectivity index (χ1v) is 9.85. The van der Waals surface area contributed by atoms with Crippen molar-refractivity contribution in [1.29, 1.82) is 0 Å². The van der Waals surface area contributed by atoms with Crippen molar-refractivity contribution in [1.82, 2.24) is 0 Å². The highest BCUT2D eigenvalue weighted by atomic mass is 32.2. The van der Waals surface area contributed by atoms with Gasteiger partial charge in [0.2, 0.25) is 0 Å². The maximum Gasteiger partial charge on any atom is 0.340 e. The fourth-order valence-electron chi connectivity index (χ4n) is 2.30. The number of carbonyl (C=O) groups excluding carboxylic acids is 3. The minimum absolute atomic E-state index is 0.00822. The standard InChI is InChI=1S/C21H23NO5S/c1-4-26-18-11-7-6-10-17(18)22-20(24)15(3)27-21(25)16-9-5-8-12-19(16)28-13-14(2)23/h5-12,15H,4,13H2,1-3H3,(H,22,24)/t15-/m0/s1. The number of carbonyl (C=O) groups is 3. The van der Waals surface area contributed by atoms with Gasteiger partial charge in [0, 0.05) is 4.90 Å². The molecule has 0 fully saturated rings. The molecule has 0 unspecified atom stereocenters. The Hall–Kier alpha value is -2.80. The number of ether oxygens (including phenoxy) is 2. The molecule has 28 heavy (non-hydrogen) atoms. The van der Waals surface area contributed by atoms with Crippen LogP contribution in [0, 0.1) is 0 Å². The molecule has 0 saturated heterocycles. The molecule has 0 radical (unpaired) electrons. The summed E-state index contributed by atoms with van der Waals surface area (Å²) in [7, 11) is 0. The summed E-state index contributed by atoms with van der Waals surface area (Å²) in [5.41, 5.74) is 0.831. The normalized spacial score (nSPS) is 11.4. The lowest BCUT2D eigenvalue weighted by molar-refractivity contribution is -0.123. The summed E-state index contributed by atoms with van der Waals surface area (Å²) < 4.78 is 10.8. The molecular formula is C21H23NO5S. The van der Waals surface area contributed by atoms with Crippen molar-refractivity contribution < 1.29 is 23.9 Å². The summed E-state index contributed by atoms with van der Waals surface area (Å²) >= 11 is 1.26. The highest BCUT2D eigenvalue weighted by Crippen LogP contribution is 2.25. The van der Waals surface area contributed by atoms with Crippen LogP contribution in [0.25, 0.3) is 0 Å². The van der Waals surface area contributed by atoms with Crippen LogP contribution in [0.2, 0.25) is 0 Å². The molecule has 2 rings (SSSR count). The molecular weight excluding hydrogens is 378 g/mol. The number of hydrogen-bond acceptors (Lipinski definition) is 6. The van der Waals surface area contributed by atoms with Crippen LogP contribution in [0.15, 0.2) is 53.4 Å². The average molecular weight is 401 g/mol. The van der Waals surface area contributed by atoms with Crippen LogP contribution < -0.4 is 10.1 Å². The minimum atomic E-state index is -1.01. The van der Waals surface area contributed by atoms with Gasteiger partial charge >= 0.3 is 5.97 Å². The van der Waals surface area contributed by atoms with E-state index in [1.807, 2.05) is 6.92 Å². The van der Waals surface area contributed by atoms with E-state index in [9.17, 15) is 14.4 Å². The van der Waals surface area contributed by atoms with E-state index < -0.39 is 18.0 Å². The Balaban J connectivity index is 2.04. The first-order valence-electron chi connectivity index (χ1n) is 8.87. The fourth-order valence-corrected chi connectivity index (χ4v) is 3.14. The molecule has 0 aliphatic carbocycles. The average Bonchev–Trinajstić information content (AvgIpc) is 2.68. The number of thioether (sulfide) groups is 1. The Morgan fingerprint density at radius 3 is 2.46 bits per heavy atom. The number of nitrogens with one attached hydrogen (secondary N) is 1. The molecule has 2 aromatic rings. The van der Waals surface area contributed by atoms with E-state index in [1.54, 1.807) is 48.5 Å². The Morgan fingerprint density at radius 2 is 1.75 bits per heavy atom. The first-order chi connectivity index (χ1) is 13.4. The van der Waals surface area contributed by atoms with Gasteiger partial charge in [0.05, 0.1) is 23.6 Å². The zero-order valence-corrected chi connectivity index (χ0v) is 16.9. The molecule has 0 spiro atoms. The lowest BCUT2D eigenvalue weighted by Crippen LogP contribution is -2.30. The number of anilines is 1. The Bertz CT molecular complexity index is 852. The third-order valence-corrected chi connectivity index (χ3v) is 4.85. The second-order valence-electron chi connectivity index (χ2n) is 5.95. The SMILES string of the molecule is CCOc1ccccc1NC(=O)[C@H](C)OC(=O)c1ccccc1SCC(C)=O. The molecule has 0 heterocycles. The number of amides is 1. The monoisotopic (exact) mass is 401 g/mol. The largest absolute Gasteiger partial charge is 0.492 e. The van der Waals surface area contributed by atoms with Crippen LogP contribution in [0.3, 0.4) is 0 Å². The van der Waals surface area contributed by atoms with E-state index in [0.717, 1.165) is 0 Å². The van der Waals surface area contributed by atoms with E-state index in [2.05, 4.69) is 5.32 Å². The molecule has 0 aliphatic rings. The van der Waals surface area contributed by atoms with Crippen molar-refractivity contribution in [3.8, 4) is 5.75 Å². The molecule has 1 amide bonds. The fraction of sp³-hybridized carbons (Fsp3) is 0.286. The summed E-state index contributed by atoms with van der Waals surface area (Å²) in [6.07, 6.45) is -1.01. The van der Waals surface area contributed by atoms with Gasteiger partial charge in [-0.05, 0) is 45.0 Å². The van der Waals surface area contributed by atoms with Gasteiger partial charge in [0.15, 0.2) is 6.10 Å². The predicted octanol–water partition coefficient (Wildman–Crippen LogP) is 3.95. The molecule has 1 N–H and O–H groups in total. The maximum atomic E-state index is 12.5. The molecule has 1 atom stereocenters. The molecule has 148 valence electrons. The van der Waals surface area contributed by atoms with Gasteiger partial charge < -0.3 is 14.8 Å². The number of benzene rings is 2. The molecule has 0 bridgehead atoms. The third-order valence-electron chi connectivity index (χ3n) is 3.64.